The minimum absolute atomic E-state index is 0.00929. The Hall–Kier alpha value is -2.98. The van der Waals surface area contributed by atoms with Gasteiger partial charge in [-0.05, 0) is 24.5 Å². The van der Waals surface area contributed by atoms with Gasteiger partial charge in [-0.25, -0.2) is 9.97 Å². The predicted octanol–water partition coefficient (Wildman–Crippen LogP) is 4.45. The van der Waals surface area contributed by atoms with E-state index in [-0.39, 0.29) is 23.1 Å². The molecule has 2 N–H and O–H groups in total. The molecule has 150 valence electrons. The van der Waals surface area contributed by atoms with E-state index in [0.29, 0.717) is 40.1 Å². The zero-order chi connectivity index (χ0) is 21.2. The molecule has 6 nitrogen and oxygen atoms in total. The molecule has 1 atom stereocenters. The monoisotopic (exact) mass is 408 g/mol. The summed E-state index contributed by atoms with van der Waals surface area (Å²) in [4.78, 5) is 38.4. The Bertz CT molecular complexity index is 1100. The maximum Gasteiger partial charge on any atom is 0.255 e. The van der Waals surface area contributed by atoms with E-state index in [1.165, 1.54) is 11.3 Å². The second-order valence-corrected chi connectivity index (χ2v) is 9.09. The van der Waals surface area contributed by atoms with Gasteiger partial charge in [0.15, 0.2) is 11.4 Å². The summed E-state index contributed by atoms with van der Waals surface area (Å²) in [6, 6.07) is 3.61. The molecule has 3 aromatic heterocycles. The van der Waals surface area contributed by atoms with Gasteiger partial charge in [-0.1, -0.05) is 20.8 Å². The first-order chi connectivity index (χ1) is 13.7. The molecule has 0 saturated heterocycles. The third kappa shape index (κ3) is 4.54. The number of thiophene rings is 1. The van der Waals surface area contributed by atoms with Crippen LogP contribution in [-0.4, -0.2) is 32.7 Å². The molecule has 29 heavy (non-hydrogen) atoms. The fourth-order valence-electron chi connectivity index (χ4n) is 2.61. The van der Waals surface area contributed by atoms with Gasteiger partial charge in [0.2, 0.25) is 0 Å². The summed E-state index contributed by atoms with van der Waals surface area (Å²) in [7, 11) is 0. The van der Waals surface area contributed by atoms with Crippen molar-refractivity contribution in [1.82, 2.24) is 20.3 Å². The van der Waals surface area contributed by atoms with Crippen LogP contribution in [0.4, 0.5) is 0 Å². The van der Waals surface area contributed by atoms with E-state index in [1.54, 1.807) is 18.5 Å². The molecule has 0 bridgehead atoms. The van der Waals surface area contributed by atoms with Crippen LogP contribution in [0.25, 0.3) is 21.7 Å². The summed E-state index contributed by atoms with van der Waals surface area (Å²) in [5, 5.41) is 3.03. The number of ketones is 1. The first-order valence-corrected chi connectivity index (χ1v) is 10.2. The van der Waals surface area contributed by atoms with Crippen LogP contribution >= 0.6 is 11.3 Å². The Labute approximate surface area is 174 Å². The lowest BCUT2D eigenvalue weighted by molar-refractivity contribution is 0.0911. The molecule has 0 aliphatic heterocycles. The quantitative estimate of drug-likeness (QED) is 0.466. The number of carbonyl (C=O) groups is 2. The third-order valence-electron chi connectivity index (χ3n) is 4.90. The van der Waals surface area contributed by atoms with Crippen LogP contribution in [-0.2, 0) is 0 Å². The first-order valence-electron chi connectivity index (χ1n) is 9.42. The van der Waals surface area contributed by atoms with E-state index in [2.05, 4.69) is 47.0 Å². The van der Waals surface area contributed by atoms with Crippen molar-refractivity contribution in [3.63, 3.8) is 0 Å². The molecule has 0 aliphatic carbocycles. The van der Waals surface area contributed by atoms with Gasteiger partial charge in [-0.2, -0.15) is 0 Å². The van der Waals surface area contributed by atoms with Gasteiger partial charge in [-0.15, -0.1) is 23.7 Å². The lowest BCUT2D eigenvalue weighted by Gasteiger charge is -2.27. The maximum absolute atomic E-state index is 12.8. The second-order valence-electron chi connectivity index (χ2n) is 8.01. The highest BCUT2D eigenvalue weighted by molar-refractivity contribution is 7.17. The van der Waals surface area contributed by atoms with Crippen molar-refractivity contribution in [2.75, 3.05) is 0 Å². The number of hydrogen-bond donors (Lipinski definition) is 2. The summed E-state index contributed by atoms with van der Waals surface area (Å²) in [5.41, 5.74) is 2.07. The lowest BCUT2D eigenvalue weighted by Crippen LogP contribution is -2.41. The maximum atomic E-state index is 12.8. The molecule has 3 heterocycles. The number of nitrogens with zero attached hydrogens (tertiary/aromatic N) is 2. The number of amides is 1. The number of nitrogens with one attached hydrogen (secondary N) is 2. The SMILES string of the molecule is C#CCCC(=O)c1ccc(-c2cnc3[nH]cc(C(=O)N[C@@H](C)C(C)(C)C)c3n2)s1. The Morgan fingerprint density at radius 1 is 1.34 bits per heavy atom. The molecule has 3 aromatic rings. The second kappa shape index (κ2) is 8.18. The smallest absolute Gasteiger partial charge is 0.255 e. The predicted molar refractivity (Wildman–Crippen MR) is 116 cm³/mol. The molecule has 0 unspecified atom stereocenters. The van der Waals surface area contributed by atoms with E-state index in [9.17, 15) is 9.59 Å². The van der Waals surface area contributed by atoms with Gasteiger partial charge < -0.3 is 10.3 Å². The van der Waals surface area contributed by atoms with Gasteiger partial charge in [0.05, 0.1) is 27.2 Å². The highest BCUT2D eigenvalue weighted by Gasteiger charge is 2.24. The zero-order valence-corrected chi connectivity index (χ0v) is 17.8. The van der Waals surface area contributed by atoms with Crippen LogP contribution in [0.5, 0.6) is 0 Å². The van der Waals surface area contributed by atoms with Crippen LogP contribution in [0.15, 0.2) is 24.5 Å². The molecule has 3 rings (SSSR count). The van der Waals surface area contributed by atoms with E-state index >= 15 is 0 Å². The Kier molecular flexibility index (Phi) is 5.85. The summed E-state index contributed by atoms with van der Waals surface area (Å²) in [6.45, 7) is 8.20. The van der Waals surface area contributed by atoms with Gasteiger partial charge in [-0.3, -0.25) is 9.59 Å². The number of H-pyrrole nitrogens is 1. The fraction of sp³-hybridized carbons (Fsp3) is 0.364. The molecular formula is C22H24N4O2S. The highest BCUT2D eigenvalue weighted by atomic mass is 32.1. The number of rotatable bonds is 6. The minimum Gasteiger partial charge on any atom is -0.349 e. The number of terminal acetylenes is 1. The number of aromatic nitrogens is 3. The molecule has 0 spiro atoms. The fourth-order valence-corrected chi connectivity index (χ4v) is 3.54. The third-order valence-corrected chi connectivity index (χ3v) is 6.05. The van der Waals surface area contributed by atoms with Gasteiger partial charge in [0.25, 0.3) is 5.91 Å². The molecule has 0 fully saturated rings. The summed E-state index contributed by atoms with van der Waals surface area (Å²) >= 11 is 1.35. The van der Waals surface area contributed by atoms with Crippen molar-refractivity contribution in [2.45, 2.75) is 46.6 Å². The van der Waals surface area contributed by atoms with Crippen molar-refractivity contribution in [2.24, 2.45) is 5.41 Å². The molecule has 7 heteroatoms. The molecular weight excluding hydrogens is 384 g/mol. The standard InChI is InChI=1S/C22H24N4O2S/c1-6-7-8-16(27)18-10-9-17(29-18)15-12-24-20-19(26-15)14(11-23-20)21(28)25-13(2)22(3,4)5/h1,9-13H,7-8H2,2-5H3,(H,23,24)(H,25,28)/t13-/m0/s1. The Balaban J connectivity index is 1.88. The summed E-state index contributed by atoms with van der Waals surface area (Å²) < 4.78 is 0. The number of aromatic amines is 1. The molecule has 0 aromatic carbocycles. The lowest BCUT2D eigenvalue weighted by atomic mass is 9.88. The number of carbonyl (C=O) groups excluding carboxylic acids is 2. The molecule has 0 saturated carbocycles. The van der Waals surface area contributed by atoms with Crippen LogP contribution in [0.2, 0.25) is 0 Å². The van der Waals surface area contributed by atoms with E-state index in [0.717, 1.165) is 4.88 Å². The number of hydrogen-bond acceptors (Lipinski definition) is 5. The zero-order valence-electron chi connectivity index (χ0n) is 17.0. The first kappa shape index (κ1) is 20.7. The van der Waals surface area contributed by atoms with Crippen LogP contribution in [0.3, 0.4) is 0 Å². The van der Waals surface area contributed by atoms with Gasteiger partial charge >= 0.3 is 0 Å². The number of fused-ring (bicyclic) bond motifs is 1. The van der Waals surface area contributed by atoms with E-state index in [4.69, 9.17) is 6.42 Å². The molecule has 0 aliphatic rings. The average Bonchev–Trinajstić information content (AvgIpc) is 3.31. The Morgan fingerprint density at radius 3 is 2.79 bits per heavy atom. The summed E-state index contributed by atoms with van der Waals surface area (Å²) in [6.07, 6.45) is 9.25. The van der Waals surface area contributed by atoms with Crippen molar-refractivity contribution >= 4 is 34.2 Å². The van der Waals surface area contributed by atoms with Crippen molar-refractivity contribution < 1.29 is 9.59 Å². The number of Topliss-reactive ketones (excluding diaryl/α,β-unsaturated/α-hetero) is 1. The van der Waals surface area contributed by atoms with Gasteiger partial charge in [0, 0.05) is 25.1 Å². The van der Waals surface area contributed by atoms with Crippen LogP contribution in [0, 0.1) is 17.8 Å². The molecule has 1 amide bonds. The van der Waals surface area contributed by atoms with Crippen molar-refractivity contribution in [3.8, 4) is 22.9 Å². The largest absolute Gasteiger partial charge is 0.349 e. The van der Waals surface area contributed by atoms with Crippen LogP contribution in [0.1, 0.15) is 60.6 Å². The van der Waals surface area contributed by atoms with E-state index in [1.807, 2.05) is 13.0 Å². The van der Waals surface area contributed by atoms with Crippen molar-refractivity contribution in [1.29, 1.82) is 0 Å². The normalized spacial score (nSPS) is 12.5. The van der Waals surface area contributed by atoms with Crippen LogP contribution < -0.4 is 5.32 Å². The Morgan fingerprint density at radius 2 is 2.10 bits per heavy atom. The van der Waals surface area contributed by atoms with Gasteiger partial charge in [0.1, 0.15) is 5.52 Å². The highest BCUT2D eigenvalue weighted by Crippen LogP contribution is 2.29. The average molecular weight is 409 g/mol. The topological polar surface area (TPSA) is 87.7 Å². The van der Waals surface area contributed by atoms with E-state index < -0.39 is 0 Å². The minimum atomic E-state index is -0.193. The van der Waals surface area contributed by atoms with Crippen molar-refractivity contribution in [3.05, 3.63) is 35.0 Å². The molecule has 0 radical (unpaired) electrons. The summed E-state index contributed by atoms with van der Waals surface area (Å²) in [5.74, 6) is 2.31.